The van der Waals surface area contributed by atoms with E-state index in [1.165, 1.54) is 6.07 Å². The molecule has 1 N–H and O–H groups in total. The first-order valence-electron chi connectivity index (χ1n) is 6.68. The SMILES string of the molecule is CC[B-]1(CC)c2n(cc[n+]2C)-c2cc(=O)[nH]c([O])[n+]21. The highest BCUT2D eigenvalue weighted by atomic mass is 16.3. The Morgan fingerprint density at radius 3 is 2.68 bits per heavy atom. The zero-order valence-corrected chi connectivity index (χ0v) is 11.4. The number of hydrogen-bond donors (Lipinski definition) is 1. The van der Waals surface area contributed by atoms with Gasteiger partial charge in [-0.1, -0.05) is 13.8 Å². The zero-order valence-electron chi connectivity index (χ0n) is 11.4. The van der Waals surface area contributed by atoms with Crippen LogP contribution in [0.1, 0.15) is 13.8 Å². The van der Waals surface area contributed by atoms with Gasteiger partial charge < -0.3 is 4.48 Å². The van der Waals surface area contributed by atoms with E-state index in [0.717, 1.165) is 18.4 Å². The number of imidazole rings is 1. The van der Waals surface area contributed by atoms with Crippen LogP contribution in [-0.2, 0) is 12.2 Å². The Bertz CT molecular complexity index is 715. The highest BCUT2D eigenvalue weighted by Crippen LogP contribution is 2.21. The van der Waals surface area contributed by atoms with E-state index in [1.54, 1.807) is 4.48 Å². The van der Waals surface area contributed by atoms with E-state index in [4.69, 9.17) is 0 Å². The van der Waals surface area contributed by atoms with Gasteiger partial charge in [-0.05, 0) is 0 Å². The van der Waals surface area contributed by atoms with Crippen LogP contribution in [0.4, 0.5) is 0 Å². The lowest BCUT2D eigenvalue weighted by molar-refractivity contribution is -0.657. The second-order valence-corrected chi connectivity index (χ2v) is 5.31. The van der Waals surface area contributed by atoms with Gasteiger partial charge in [0.15, 0.2) is 5.82 Å². The molecule has 1 aliphatic heterocycles. The van der Waals surface area contributed by atoms with Crippen LogP contribution in [0, 0.1) is 0 Å². The Kier molecular flexibility index (Phi) is 2.35. The third kappa shape index (κ3) is 1.30. The molecular weight excluding hydrogens is 243 g/mol. The third-order valence-corrected chi connectivity index (χ3v) is 4.58. The van der Waals surface area contributed by atoms with Crippen molar-refractivity contribution in [1.82, 2.24) is 9.55 Å². The van der Waals surface area contributed by atoms with Crippen molar-refractivity contribution in [2.45, 2.75) is 26.5 Å². The molecule has 3 heterocycles. The molecule has 0 amide bonds. The maximum Gasteiger partial charge on any atom is 0.399 e. The average molecular weight is 260 g/mol. The normalized spacial score (nSPS) is 15.3. The first kappa shape index (κ1) is 12.0. The minimum absolute atomic E-state index is 0.310. The highest BCUT2D eigenvalue weighted by Gasteiger charge is 2.48. The maximum atomic E-state index is 12.2. The molecule has 2 aromatic rings. The van der Waals surface area contributed by atoms with E-state index in [0.29, 0.717) is 5.82 Å². The standard InChI is InChI=1S/C12H16BN4O2/c1-4-13(5-2)11-15(3)6-7-16(11)10-8-9(18)14-12(19)17(10)13/h6-8H,4-5H2,1-3H3/p+1. The van der Waals surface area contributed by atoms with Crippen LogP contribution in [0.3, 0.4) is 0 Å². The molecule has 2 aromatic heterocycles. The second kappa shape index (κ2) is 3.72. The summed E-state index contributed by atoms with van der Waals surface area (Å²) in [5.74, 6) is 0.674. The number of aromatic amines is 1. The molecule has 7 heteroatoms. The summed E-state index contributed by atoms with van der Waals surface area (Å²) >= 11 is 0. The van der Waals surface area contributed by atoms with E-state index in [-0.39, 0.29) is 11.6 Å². The number of H-pyrrole nitrogens is 1. The van der Waals surface area contributed by atoms with Gasteiger partial charge in [-0.2, -0.15) is 0 Å². The lowest BCUT2D eigenvalue weighted by Crippen LogP contribution is -2.74. The molecule has 0 bridgehead atoms. The molecule has 0 aromatic carbocycles. The van der Waals surface area contributed by atoms with Gasteiger partial charge in [0.05, 0.1) is 18.8 Å². The summed E-state index contributed by atoms with van der Waals surface area (Å²) < 4.78 is 5.78. The number of aromatic nitrogens is 4. The lowest BCUT2D eigenvalue weighted by Gasteiger charge is -2.28. The van der Waals surface area contributed by atoms with Crippen LogP contribution in [0.5, 0.6) is 6.01 Å². The summed E-state index contributed by atoms with van der Waals surface area (Å²) in [5, 5.41) is 12.2. The van der Waals surface area contributed by atoms with Gasteiger partial charge in [0.1, 0.15) is 12.4 Å². The number of hydrogen-bond acceptors (Lipinski definition) is 1. The van der Waals surface area contributed by atoms with Crippen molar-refractivity contribution in [1.29, 1.82) is 0 Å². The van der Waals surface area contributed by atoms with Crippen molar-refractivity contribution in [3.63, 3.8) is 0 Å². The van der Waals surface area contributed by atoms with Crippen LogP contribution in [0.15, 0.2) is 23.3 Å². The Balaban J connectivity index is 2.48. The Morgan fingerprint density at radius 2 is 2.05 bits per heavy atom. The van der Waals surface area contributed by atoms with Crippen molar-refractivity contribution in [3.05, 3.63) is 28.8 Å². The van der Waals surface area contributed by atoms with Crippen LogP contribution in [0.2, 0.25) is 12.6 Å². The van der Waals surface area contributed by atoms with Crippen molar-refractivity contribution >= 4 is 12.0 Å². The lowest BCUT2D eigenvalue weighted by atomic mass is 9.31. The zero-order chi connectivity index (χ0) is 13.8. The molecule has 6 nitrogen and oxygen atoms in total. The van der Waals surface area contributed by atoms with Crippen molar-refractivity contribution in [2.75, 3.05) is 0 Å². The number of fused-ring (bicyclic) bond motifs is 3. The summed E-state index contributed by atoms with van der Waals surface area (Å²) in [6.45, 7) is 4.18. The largest absolute Gasteiger partial charge is 0.399 e. The van der Waals surface area contributed by atoms with Gasteiger partial charge in [-0.15, -0.1) is 12.6 Å². The van der Waals surface area contributed by atoms with Gasteiger partial charge in [-0.3, -0.25) is 9.36 Å². The summed E-state index contributed by atoms with van der Waals surface area (Å²) in [5.41, 5.74) is 0.749. The summed E-state index contributed by atoms with van der Waals surface area (Å²) in [6.07, 6.45) is 4.41. The fourth-order valence-corrected chi connectivity index (χ4v) is 3.61. The van der Waals surface area contributed by atoms with E-state index in [9.17, 15) is 9.90 Å². The van der Waals surface area contributed by atoms with Gasteiger partial charge in [0, 0.05) is 0 Å². The molecule has 0 spiro atoms. The first-order chi connectivity index (χ1) is 9.05. The van der Waals surface area contributed by atoms with Crippen LogP contribution < -0.4 is 20.3 Å². The Hall–Kier alpha value is -2.05. The molecule has 0 fully saturated rings. The molecule has 99 valence electrons. The van der Waals surface area contributed by atoms with E-state index in [2.05, 4.69) is 18.8 Å². The molecule has 0 unspecified atom stereocenters. The molecule has 3 rings (SSSR count). The molecule has 1 aliphatic rings. The number of nitrogens with zero attached hydrogens (tertiary/aromatic N) is 3. The topological polar surface area (TPSA) is 65.5 Å². The summed E-state index contributed by atoms with van der Waals surface area (Å²) in [7, 11) is 1.98. The Labute approximate surface area is 110 Å². The molecule has 0 saturated carbocycles. The van der Waals surface area contributed by atoms with E-state index < -0.39 is 6.28 Å². The maximum absolute atomic E-state index is 12.2. The second-order valence-electron chi connectivity index (χ2n) is 5.31. The van der Waals surface area contributed by atoms with Crippen LogP contribution in [-0.4, -0.2) is 15.8 Å². The molecule has 1 radical (unpaired) electrons. The van der Waals surface area contributed by atoms with Gasteiger partial charge in [0.25, 0.3) is 6.28 Å². The minimum atomic E-state index is -1.17. The molecule has 19 heavy (non-hydrogen) atoms. The van der Waals surface area contributed by atoms with Gasteiger partial charge >= 0.3 is 11.6 Å². The quantitative estimate of drug-likeness (QED) is 0.572. The number of rotatable bonds is 2. The van der Waals surface area contributed by atoms with Crippen molar-refractivity contribution in [2.24, 2.45) is 7.05 Å². The third-order valence-electron chi connectivity index (χ3n) is 4.58. The van der Waals surface area contributed by atoms with Crippen LogP contribution >= 0.6 is 0 Å². The van der Waals surface area contributed by atoms with E-state index >= 15 is 0 Å². The summed E-state index contributed by atoms with van der Waals surface area (Å²) in [6, 6.07) is 1.19. The van der Waals surface area contributed by atoms with Gasteiger partial charge in [0.2, 0.25) is 0 Å². The molecular formula is C12H17BN4O2+. The Morgan fingerprint density at radius 1 is 1.37 bits per heavy atom. The molecule has 0 atom stereocenters. The molecule has 0 aliphatic carbocycles. The highest BCUT2D eigenvalue weighted by molar-refractivity contribution is 6.83. The predicted molar refractivity (Wildman–Crippen MR) is 69.6 cm³/mol. The fourth-order valence-electron chi connectivity index (χ4n) is 3.61. The van der Waals surface area contributed by atoms with Crippen molar-refractivity contribution in [3.8, 4) is 11.8 Å². The van der Waals surface area contributed by atoms with E-state index in [1.807, 2.05) is 28.6 Å². The number of aryl methyl sites for hydroxylation is 1. The average Bonchev–Trinajstić information content (AvgIpc) is 2.88. The van der Waals surface area contributed by atoms with Crippen LogP contribution in [0.25, 0.3) is 5.82 Å². The van der Waals surface area contributed by atoms with Gasteiger partial charge in [-0.25, -0.2) is 14.7 Å². The first-order valence-corrected chi connectivity index (χ1v) is 6.68. The molecule has 0 saturated heterocycles. The number of nitrogens with one attached hydrogen (secondary N) is 1. The fraction of sp³-hybridized carbons (Fsp3) is 0.417. The predicted octanol–water partition coefficient (Wildman–Crippen LogP) is -0.525. The van der Waals surface area contributed by atoms with Crippen molar-refractivity contribution < 1.29 is 14.2 Å². The summed E-state index contributed by atoms with van der Waals surface area (Å²) in [4.78, 5) is 14.0. The smallest absolute Gasteiger partial charge is 0.377 e. The minimum Gasteiger partial charge on any atom is -0.377 e. The monoisotopic (exact) mass is 260 g/mol.